The highest BCUT2D eigenvalue weighted by atomic mass is 16.2. The first-order chi connectivity index (χ1) is 9.40. The maximum atomic E-state index is 12.2. The van der Waals surface area contributed by atoms with Crippen LogP contribution in [0.4, 0.5) is 10.5 Å². The van der Waals surface area contributed by atoms with E-state index >= 15 is 0 Å². The van der Waals surface area contributed by atoms with Gasteiger partial charge in [0.05, 0.1) is 0 Å². The van der Waals surface area contributed by atoms with Gasteiger partial charge in [-0.3, -0.25) is 0 Å². The number of benzene rings is 1. The Hall–Kier alpha value is -1.55. The van der Waals surface area contributed by atoms with E-state index in [2.05, 4.69) is 26.1 Å². The standard InChI is InChI=1S/C16H25N3O/c1-16(2,3)13-8-9-19(11-13)15(20)18-14-6-4-12(10-17)5-7-14/h4-7,13H,8-11,17H2,1-3H3,(H,18,20). The van der Waals surface area contributed by atoms with Gasteiger partial charge in [-0.15, -0.1) is 0 Å². The molecule has 3 N–H and O–H groups in total. The number of nitrogens with one attached hydrogen (secondary N) is 1. The van der Waals surface area contributed by atoms with E-state index in [4.69, 9.17) is 5.73 Å². The maximum Gasteiger partial charge on any atom is 0.321 e. The van der Waals surface area contributed by atoms with E-state index in [-0.39, 0.29) is 11.4 Å². The summed E-state index contributed by atoms with van der Waals surface area (Å²) < 4.78 is 0. The van der Waals surface area contributed by atoms with Crippen molar-refractivity contribution in [3.63, 3.8) is 0 Å². The average molecular weight is 275 g/mol. The van der Waals surface area contributed by atoms with Crippen molar-refractivity contribution in [2.24, 2.45) is 17.1 Å². The zero-order valence-corrected chi connectivity index (χ0v) is 12.6. The smallest absolute Gasteiger partial charge is 0.321 e. The molecule has 0 aliphatic carbocycles. The molecule has 110 valence electrons. The zero-order chi connectivity index (χ0) is 14.8. The van der Waals surface area contributed by atoms with Crippen LogP contribution in [0.15, 0.2) is 24.3 Å². The van der Waals surface area contributed by atoms with Gasteiger partial charge in [0.2, 0.25) is 0 Å². The summed E-state index contributed by atoms with van der Waals surface area (Å²) in [6, 6.07) is 7.68. The molecule has 0 bridgehead atoms. The molecule has 1 atom stereocenters. The Bertz CT molecular complexity index is 462. The molecule has 1 heterocycles. The Labute approximate surface area is 121 Å². The van der Waals surface area contributed by atoms with Crippen LogP contribution in [-0.2, 0) is 6.54 Å². The van der Waals surface area contributed by atoms with E-state index in [9.17, 15) is 4.79 Å². The van der Waals surface area contributed by atoms with E-state index in [1.54, 1.807) is 0 Å². The third-order valence-electron chi connectivity index (χ3n) is 4.14. The van der Waals surface area contributed by atoms with Crippen LogP contribution in [0.25, 0.3) is 0 Å². The molecular weight excluding hydrogens is 250 g/mol. The third kappa shape index (κ3) is 3.51. The van der Waals surface area contributed by atoms with Crippen LogP contribution in [0.3, 0.4) is 0 Å². The van der Waals surface area contributed by atoms with Crippen LogP contribution < -0.4 is 11.1 Å². The van der Waals surface area contributed by atoms with Crippen LogP contribution in [0.1, 0.15) is 32.8 Å². The molecule has 2 rings (SSSR count). The Morgan fingerprint density at radius 3 is 2.50 bits per heavy atom. The molecule has 0 spiro atoms. The predicted molar refractivity (Wildman–Crippen MR) is 82.5 cm³/mol. The third-order valence-corrected chi connectivity index (χ3v) is 4.14. The number of hydrogen-bond donors (Lipinski definition) is 2. The summed E-state index contributed by atoms with van der Waals surface area (Å²) in [5, 5.41) is 2.95. The fourth-order valence-electron chi connectivity index (χ4n) is 2.58. The minimum Gasteiger partial charge on any atom is -0.326 e. The molecule has 0 radical (unpaired) electrons. The molecule has 1 unspecified atom stereocenters. The second kappa shape index (κ2) is 5.83. The minimum atomic E-state index is -0.00255. The van der Waals surface area contributed by atoms with Gasteiger partial charge in [-0.2, -0.15) is 0 Å². The first kappa shape index (κ1) is 14.9. The summed E-state index contributed by atoms with van der Waals surface area (Å²) in [5.74, 6) is 0.577. The number of carbonyl (C=O) groups is 1. The van der Waals surface area contributed by atoms with Crippen molar-refractivity contribution in [1.82, 2.24) is 4.90 Å². The van der Waals surface area contributed by atoms with Crippen molar-refractivity contribution in [1.29, 1.82) is 0 Å². The highest BCUT2D eigenvalue weighted by Crippen LogP contribution is 2.33. The first-order valence-electron chi connectivity index (χ1n) is 7.25. The molecule has 2 amide bonds. The van der Waals surface area contributed by atoms with Crippen molar-refractivity contribution >= 4 is 11.7 Å². The maximum absolute atomic E-state index is 12.2. The Balaban J connectivity index is 1.92. The monoisotopic (exact) mass is 275 g/mol. The number of nitrogens with zero attached hydrogens (tertiary/aromatic N) is 1. The number of hydrogen-bond acceptors (Lipinski definition) is 2. The summed E-state index contributed by atoms with van der Waals surface area (Å²) in [6.07, 6.45) is 1.09. The summed E-state index contributed by atoms with van der Waals surface area (Å²) in [7, 11) is 0. The summed E-state index contributed by atoms with van der Waals surface area (Å²) in [4.78, 5) is 14.1. The molecule has 4 heteroatoms. The highest BCUT2D eigenvalue weighted by Gasteiger charge is 2.33. The van der Waals surface area contributed by atoms with Crippen LogP contribution >= 0.6 is 0 Å². The van der Waals surface area contributed by atoms with Gasteiger partial charge in [-0.25, -0.2) is 4.79 Å². The molecule has 1 aliphatic heterocycles. The van der Waals surface area contributed by atoms with Gasteiger partial charge < -0.3 is 16.0 Å². The Kier molecular flexibility index (Phi) is 4.33. The molecule has 1 aromatic carbocycles. The van der Waals surface area contributed by atoms with E-state index < -0.39 is 0 Å². The second-order valence-electron chi connectivity index (χ2n) is 6.63. The first-order valence-corrected chi connectivity index (χ1v) is 7.25. The van der Waals surface area contributed by atoms with E-state index in [0.717, 1.165) is 30.8 Å². The van der Waals surface area contributed by atoms with Crippen molar-refractivity contribution in [3.05, 3.63) is 29.8 Å². The molecule has 1 saturated heterocycles. The molecule has 0 aromatic heterocycles. The van der Waals surface area contributed by atoms with Gasteiger partial charge in [0.25, 0.3) is 0 Å². The number of anilines is 1. The SMILES string of the molecule is CC(C)(C)C1CCN(C(=O)Nc2ccc(CN)cc2)C1. The summed E-state index contributed by atoms with van der Waals surface area (Å²) in [6.45, 7) is 8.93. The molecule has 4 nitrogen and oxygen atoms in total. The summed E-state index contributed by atoms with van der Waals surface area (Å²) in [5.41, 5.74) is 7.71. The van der Waals surface area contributed by atoms with Gasteiger partial charge in [-0.05, 0) is 35.4 Å². The lowest BCUT2D eigenvalue weighted by Gasteiger charge is -2.27. The van der Waals surface area contributed by atoms with Crippen LogP contribution in [0.2, 0.25) is 0 Å². The Morgan fingerprint density at radius 1 is 1.35 bits per heavy atom. The largest absolute Gasteiger partial charge is 0.326 e. The second-order valence-corrected chi connectivity index (χ2v) is 6.63. The summed E-state index contributed by atoms with van der Waals surface area (Å²) >= 11 is 0. The average Bonchev–Trinajstić information content (AvgIpc) is 2.89. The lowest BCUT2D eigenvalue weighted by Crippen LogP contribution is -2.34. The molecule has 1 aliphatic rings. The van der Waals surface area contributed by atoms with Crippen LogP contribution in [0.5, 0.6) is 0 Å². The van der Waals surface area contributed by atoms with E-state index in [1.165, 1.54) is 0 Å². The lowest BCUT2D eigenvalue weighted by atomic mass is 9.80. The molecular formula is C16H25N3O. The van der Waals surface area contributed by atoms with E-state index in [0.29, 0.717) is 12.5 Å². The highest BCUT2D eigenvalue weighted by molar-refractivity contribution is 5.89. The number of amides is 2. The topological polar surface area (TPSA) is 58.4 Å². The number of urea groups is 1. The number of nitrogens with two attached hydrogens (primary N) is 1. The predicted octanol–water partition coefficient (Wildman–Crippen LogP) is 3.05. The number of likely N-dealkylation sites (tertiary alicyclic amines) is 1. The van der Waals surface area contributed by atoms with Gasteiger partial charge in [-0.1, -0.05) is 32.9 Å². The number of rotatable bonds is 2. The minimum absolute atomic E-state index is 0.00255. The van der Waals surface area contributed by atoms with E-state index in [1.807, 2.05) is 29.2 Å². The van der Waals surface area contributed by atoms with Gasteiger partial charge in [0, 0.05) is 25.3 Å². The van der Waals surface area contributed by atoms with Crippen molar-refractivity contribution < 1.29 is 4.79 Å². The number of carbonyl (C=O) groups excluding carboxylic acids is 1. The van der Waals surface area contributed by atoms with Gasteiger partial charge >= 0.3 is 6.03 Å². The lowest BCUT2D eigenvalue weighted by molar-refractivity contribution is 0.208. The fourth-order valence-corrected chi connectivity index (χ4v) is 2.58. The molecule has 1 aromatic rings. The zero-order valence-electron chi connectivity index (χ0n) is 12.6. The molecule has 20 heavy (non-hydrogen) atoms. The fraction of sp³-hybridized carbons (Fsp3) is 0.562. The molecule has 0 saturated carbocycles. The van der Waals surface area contributed by atoms with Crippen molar-refractivity contribution in [3.8, 4) is 0 Å². The van der Waals surface area contributed by atoms with Crippen LogP contribution in [-0.4, -0.2) is 24.0 Å². The van der Waals surface area contributed by atoms with Crippen molar-refractivity contribution in [2.75, 3.05) is 18.4 Å². The van der Waals surface area contributed by atoms with Crippen molar-refractivity contribution in [2.45, 2.75) is 33.7 Å². The Morgan fingerprint density at radius 2 is 2.00 bits per heavy atom. The van der Waals surface area contributed by atoms with Gasteiger partial charge in [0.15, 0.2) is 0 Å². The normalized spacial score (nSPS) is 19.2. The quantitative estimate of drug-likeness (QED) is 0.871. The van der Waals surface area contributed by atoms with Gasteiger partial charge in [0.1, 0.15) is 0 Å². The molecule has 1 fully saturated rings. The van der Waals surface area contributed by atoms with Crippen LogP contribution in [0, 0.1) is 11.3 Å².